The molecule has 112 valence electrons. The molecule has 0 aromatic heterocycles. The molecule has 19 heavy (non-hydrogen) atoms. The molecule has 0 unspecified atom stereocenters. The molecule has 0 aromatic rings. The molecule has 0 atom stereocenters. The summed E-state index contributed by atoms with van der Waals surface area (Å²) in [6, 6.07) is 0. The van der Waals surface area contributed by atoms with E-state index in [1.807, 2.05) is 20.8 Å². The highest BCUT2D eigenvalue weighted by molar-refractivity contribution is 5.84. The molecule has 0 aliphatic carbocycles. The molecule has 0 spiro atoms. The summed E-state index contributed by atoms with van der Waals surface area (Å²) in [4.78, 5) is 23.0. The predicted octanol–water partition coefficient (Wildman–Crippen LogP) is 2.77. The first kappa shape index (κ1) is 17.9. The van der Waals surface area contributed by atoms with Crippen molar-refractivity contribution < 1.29 is 9.59 Å². The first-order chi connectivity index (χ1) is 8.85. The van der Waals surface area contributed by atoms with Crippen molar-refractivity contribution >= 4 is 11.8 Å². The van der Waals surface area contributed by atoms with E-state index in [2.05, 4.69) is 17.6 Å². The molecule has 0 radical (unpaired) electrons. The fraction of sp³-hybridized carbons (Fsp3) is 0.867. The second kappa shape index (κ2) is 9.82. The van der Waals surface area contributed by atoms with Gasteiger partial charge in [0.15, 0.2) is 0 Å². The summed E-state index contributed by atoms with van der Waals surface area (Å²) in [7, 11) is 0. The number of carbonyl (C=O) groups is 2. The van der Waals surface area contributed by atoms with Crippen molar-refractivity contribution in [1.29, 1.82) is 0 Å². The number of carbonyl (C=O) groups excluding carboxylic acids is 2. The highest BCUT2D eigenvalue weighted by Crippen LogP contribution is 2.06. The van der Waals surface area contributed by atoms with E-state index >= 15 is 0 Å². The summed E-state index contributed by atoms with van der Waals surface area (Å²) < 4.78 is 0. The molecule has 0 rings (SSSR count). The Morgan fingerprint density at radius 1 is 0.895 bits per heavy atom. The molecule has 4 nitrogen and oxygen atoms in total. The predicted molar refractivity (Wildman–Crippen MR) is 78.9 cm³/mol. The zero-order valence-corrected chi connectivity index (χ0v) is 13.0. The van der Waals surface area contributed by atoms with Crippen LogP contribution in [0.3, 0.4) is 0 Å². The summed E-state index contributed by atoms with van der Waals surface area (Å²) in [6.07, 6.45) is 7.51. The van der Waals surface area contributed by atoms with E-state index in [-0.39, 0.29) is 23.9 Å². The van der Waals surface area contributed by atoms with E-state index in [9.17, 15) is 9.59 Å². The Balaban J connectivity index is 3.52. The fourth-order valence-electron chi connectivity index (χ4n) is 1.80. The van der Waals surface area contributed by atoms with Crippen LogP contribution >= 0.6 is 0 Å². The van der Waals surface area contributed by atoms with Crippen molar-refractivity contribution in [2.75, 3.05) is 6.54 Å². The molecule has 0 aromatic carbocycles. The Morgan fingerprint density at radius 3 is 2.05 bits per heavy atom. The quantitative estimate of drug-likeness (QED) is 0.633. The smallest absolute Gasteiger partial charge is 0.239 e. The van der Waals surface area contributed by atoms with Gasteiger partial charge in [0, 0.05) is 12.0 Å². The number of amides is 2. The lowest BCUT2D eigenvalue weighted by molar-refractivity contribution is -0.126. The zero-order chi connectivity index (χ0) is 14.7. The molecule has 4 heteroatoms. The van der Waals surface area contributed by atoms with E-state index in [0.29, 0.717) is 6.42 Å². The highest BCUT2D eigenvalue weighted by Gasteiger charge is 2.13. The van der Waals surface area contributed by atoms with Crippen LogP contribution in [0.5, 0.6) is 0 Å². The van der Waals surface area contributed by atoms with E-state index in [4.69, 9.17) is 0 Å². The van der Waals surface area contributed by atoms with Crippen LogP contribution in [0.1, 0.15) is 72.6 Å². The summed E-state index contributed by atoms with van der Waals surface area (Å²) >= 11 is 0. The van der Waals surface area contributed by atoms with Gasteiger partial charge in [0.1, 0.15) is 0 Å². The minimum absolute atomic E-state index is 0.0282. The molecule has 0 bridgehead atoms. The lowest BCUT2D eigenvalue weighted by Gasteiger charge is -2.20. The molecular formula is C15H30N2O2. The lowest BCUT2D eigenvalue weighted by atomic mass is 10.1. The standard InChI is InChI=1S/C15H30N2O2/c1-5-6-7-8-9-10-11-13(18)16-12-14(19)17-15(2,3)4/h5-12H2,1-4H3,(H,16,18)(H,17,19). The lowest BCUT2D eigenvalue weighted by Crippen LogP contribution is -2.45. The third-order valence-corrected chi connectivity index (χ3v) is 2.72. The van der Waals surface area contributed by atoms with Gasteiger partial charge in [-0.1, -0.05) is 39.0 Å². The minimum atomic E-state index is -0.249. The van der Waals surface area contributed by atoms with Gasteiger partial charge in [-0.3, -0.25) is 9.59 Å². The normalized spacial score (nSPS) is 11.2. The van der Waals surface area contributed by atoms with Crippen LogP contribution in [-0.2, 0) is 9.59 Å². The van der Waals surface area contributed by atoms with E-state index in [1.54, 1.807) is 0 Å². The summed E-state index contributed by atoms with van der Waals surface area (Å²) in [5.41, 5.74) is -0.249. The maximum atomic E-state index is 11.5. The van der Waals surface area contributed by atoms with Crippen LogP contribution in [-0.4, -0.2) is 23.9 Å². The van der Waals surface area contributed by atoms with Crippen molar-refractivity contribution in [2.45, 2.75) is 78.2 Å². The summed E-state index contributed by atoms with van der Waals surface area (Å²) in [5, 5.41) is 5.47. The van der Waals surface area contributed by atoms with Gasteiger partial charge in [0.2, 0.25) is 11.8 Å². The molecule has 0 saturated heterocycles. The van der Waals surface area contributed by atoms with Crippen molar-refractivity contribution in [3.63, 3.8) is 0 Å². The van der Waals surface area contributed by atoms with Crippen molar-refractivity contribution in [3.8, 4) is 0 Å². The Kier molecular flexibility index (Phi) is 9.27. The van der Waals surface area contributed by atoms with Crippen LogP contribution in [0.4, 0.5) is 0 Å². The van der Waals surface area contributed by atoms with E-state index < -0.39 is 0 Å². The molecule has 0 fully saturated rings. The van der Waals surface area contributed by atoms with Gasteiger partial charge in [0.05, 0.1) is 6.54 Å². The van der Waals surface area contributed by atoms with Crippen molar-refractivity contribution in [2.24, 2.45) is 0 Å². The van der Waals surface area contributed by atoms with Crippen molar-refractivity contribution in [1.82, 2.24) is 10.6 Å². The van der Waals surface area contributed by atoms with Gasteiger partial charge in [-0.25, -0.2) is 0 Å². The topological polar surface area (TPSA) is 58.2 Å². The van der Waals surface area contributed by atoms with E-state index in [1.165, 1.54) is 25.7 Å². The molecule has 0 saturated carbocycles. The number of rotatable bonds is 9. The molecule has 2 N–H and O–H groups in total. The van der Waals surface area contributed by atoms with E-state index in [0.717, 1.165) is 12.8 Å². The van der Waals surface area contributed by atoms with Crippen LogP contribution < -0.4 is 10.6 Å². The minimum Gasteiger partial charge on any atom is -0.350 e. The molecule has 2 amide bonds. The third-order valence-electron chi connectivity index (χ3n) is 2.72. The van der Waals surface area contributed by atoms with Crippen LogP contribution in [0.25, 0.3) is 0 Å². The SMILES string of the molecule is CCCCCCCCC(=O)NCC(=O)NC(C)(C)C. The van der Waals surface area contributed by atoms with Gasteiger partial charge in [0.25, 0.3) is 0 Å². The maximum absolute atomic E-state index is 11.5. The van der Waals surface area contributed by atoms with Gasteiger partial charge in [-0.05, 0) is 27.2 Å². The Labute approximate surface area is 117 Å². The Bertz CT molecular complexity index is 270. The number of nitrogens with one attached hydrogen (secondary N) is 2. The second-order valence-corrected chi connectivity index (χ2v) is 6.09. The van der Waals surface area contributed by atoms with Gasteiger partial charge >= 0.3 is 0 Å². The molecule has 0 aliphatic rings. The number of hydrogen-bond acceptors (Lipinski definition) is 2. The average Bonchev–Trinajstić information content (AvgIpc) is 2.29. The molecule has 0 heterocycles. The molecule has 0 aliphatic heterocycles. The average molecular weight is 270 g/mol. The molecular weight excluding hydrogens is 240 g/mol. The maximum Gasteiger partial charge on any atom is 0.239 e. The summed E-state index contributed by atoms with van der Waals surface area (Å²) in [6.45, 7) is 8.02. The first-order valence-corrected chi connectivity index (χ1v) is 7.43. The van der Waals surface area contributed by atoms with Crippen LogP contribution in [0.15, 0.2) is 0 Å². The number of hydrogen-bond donors (Lipinski definition) is 2. The monoisotopic (exact) mass is 270 g/mol. The van der Waals surface area contributed by atoms with Gasteiger partial charge < -0.3 is 10.6 Å². The van der Waals surface area contributed by atoms with Crippen LogP contribution in [0.2, 0.25) is 0 Å². The largest absolute Gasteiger partial charge is 0.350 e. The Morgan fingerprint density at radius 2 is 1.47 bits per heavy atom. The zero-order valence-electron chi connectivity index (χ0n) is 13.0. The van der Waals surface area contributed by atoms with Gasteiger partial charge in [-0.2, -0.15) is 0 Å². The second-order valence-electron chi connectivity index (χ2n) is 6.09. The Hall–Kier alpha value is -1.06. The number of unbranched alkanes of at least 4 members (excludes halogenated alkanes) is 5. The van der Waals surface area contributed by atoms with Crippen LogP contribution in [0, 0.1) is 0 Å². The summed E-state index contributed by atoms with van der Waals surface area (Å²) in [5.74, 6) is -0.164. The third kappa shape index (κ3) is 13.2. The van der Waals surface area contributed by atoms with Crippen molar-refractivity contribution in [3.05, 3.63) is 0 Å². The van der Waals surface area contributed by atoms with Gasteiger partial charge in [-0.15, -0.1) is 0 Å². The highest BCUT2D eigenvalue weighted by atomic mass is 16.2. The first-order valence-electron chi connectivity index (χ1n) is 7.43. The fourth-order valence-corrected chi connectivity index (χ4v) is 1.80.